The molecule has 31 heavy (non-hydrogen) atoms. The zero-order chi connectivity index (χ0) is 22.6. The summed E-state index contributed by atoms with van der Waals surface area (Å²) < 4.78 is 11.1. The van der Waals surface area contributed by atoms with Gasteiger partial charge in [0, 0.05) is 32.6 Å². The van der Waals surface area contributed by atoms with Crippen LogP contribution in [0, 0.1) is 0 Å². The highest BCUT2D eigenvalue weighted by molar-refractivity contribution is 5.79. The Morgan fingerprint density at radius 3 is 2.65 bits per heavy atom. The van der Waals surface area contributed by atoms with Gasteiger partial charge in [-0.3, -0.25) is 4.79 Å². The van der Waals surface area contributed by atoms with Gasteiger partial charge >= 0.3 is 0 Å². The summed E-state index contributed by atoms with van der Waals surface area (Å²) in [7, 11) is 3.41. The monoisotopic (exact) mass is 429 g/mol. The number of nitrogens with zero attached hydrogens (tertiary/aromatic N) is 3. The molecular weight excluding hydrogens is 394 g/mol. The van der Waals surface area contributed by atoms with Gasteiger partial charge in [-0.2, -0.15) is 0 Å². The summed E-state index contributed by atoms with van der Waals surface area (Å²) in [6.45, 7) is 8.09. The summed E-state index contributed by atoms with van der Waals surface area (Å²) >= 11 is 0. The molecule has 0 saturated carbocycles. The van der Waals surface area contributed by atoms with E-state index in [-0.39, 0.29) is 12.5 Å². The first-order chi connectivity index (χ1) is 15.0. The molecule has 2 N–H and O–H groups in total. The Hall–Kier alpha value is -3.03. The third-order valence-corrected chi connectivity index (χ3v) is 4.93. The van der Waals surface area contributed by atoms with Gasteiger partial charge in [0.1, 0.15) is 5.75 Å². The summed E-state index contributed by atoms with van der Waals surface area (Å²) in [6.07, 6.45) is 2.10. The fourth-order valence-corrected chi connectivity index (χ4v) is 3.00. The van der Waals surface area contributed by atoms with Crippen LogP contribution in [0.15, 0.2) is 39.8 Å². The highest BCUT2D eigenvalue weighted by Crippen LogP contribution is 2.22. The molecule has 0 atom stereocenters. The number of hydrogen-bond acceptors (Lipinski definition) is 5. The second kappa shape index (κ2) is 12.6. The minimum Gasteiger partial charge on any atom is -0.484 e. The molecule has 0 spiro atoms. The number of benzene rings is 1. The van der Waals surface area contributed by atoms with Crippen molar-refractivity contribution in [2.24, 2.45) is 4.99 Å². The topological polar surface area (TPSA) is 92.0 Å². The molecule has 0 saturated heterocycles. The van der Waals surface area contributed by atoms with Crippen LogP contribution in [0.4, 0.5) is 0 Å². The molecule has 0 bridgehead atoms. The second-order valence-corrected chi connectivity index (χ2v) is 7.50. The fraction of sp³-hybridized carbons (Fsp3) is 0.522. The molecule has 0 aliphatic rings. The van der Waals surface area contributed by atoms with Crippen LogP contribution >= 0.6 is 0 Å². The van der Waals surface area contributed by atoms with Crippen molar-refractivity contribution in [2.45, 2.75) is 52.6 Å². The van der Waals surface area contributed by atoms with E-state index in [1.165, 1.54) is 4.90 Å². The number of nitrogens with one attached hydrogen (secondary N) is 2. The standard InChI is InChI=1S/C23H35N5O3/c1-6-18(7-2)21-13-20(31-27-21)15-26-23(24-8-3)25-14-17-10-9-11-19(12-17)30-16-22(29)28(4)5/h9-13,18H,6-8,14-16H2,1-5H3,(H2,24,25,26). The summed E-state index contributed by atoms with van der Waals surface area (Å²) in [5, 5.41) is 10.7. The molecule has 170 valence electrons. The molecule has 1 aromatic carbocycles. The van der Waals surface area contributed by atoms with Crippen LogP contribution in [0.25, 0.3) is 0 Å². The van der Waals surface area contributed by atoms with E-state index in [4.69, 9.17) is 9.26 Å². The van der Waals surface area contributed by atoms with Gasteiger partial charge in [0.05, 0.1) is 18.8 Å². The van der Waals surface area contributed by atoms with Crippen molar-refractivity contribution in [1.82, 2.24) is 20.7 Å². The van der Waals surface area contributed by atoms with Crippen molar-refractivity contribution in [2.75, 3.05) is 27.2 Å². The van der Waals surface area contributed by atoms with Crippen molar-refractivity contribution in [3.63, 3.8) is 0 Å². The average molecular weight is 430 g/mol. The molecule has 0 aliphatic heterocycles. The third-order valence-electron chi connectivity index (χ3n) is 4.93. The molecule has 0 radical (unpaired) electrons. The lowest BCUT2D eigenvalue weighted by Crippen LogP contribution is -2.36. The summed E-state index contributed by atoms with van der Waals surface area (Å²) in [4.78, 5) is 17.8. The van der Waals surface area contributed by atoms with E-state index in [1.54, 1.807) is 14.1 Å². The lowest BCUT2D eigenvalue weighted by atomic mass is 9.99. The zero-order valence-corrected chi connectivity index (χ0v) is 19.3. The Balaban J connectivity index is 1.95. The molecule has 2 aromatic rings. The van der Waals surface area contributed by atoms with Crippen molar-refractivity contribution in [3.05, 3.63) is 47.3 Å². The molecule has 0 aliphatic carbocycles. The maximum absolute atomic E-state index is 11.7. The van der Waals surface area contributed by atoms with Gasteiger partial charge in [0.15, 0.2) is 18.3 Å². The molecule has 0 unspecified atom stereocenters. The number of rotatable bonds is 11. The largest absolute Gasteiger partial charge is 0.484 e. The second-order valence-electron chi connectivity index (χ2n) is 7.50. The van der Waals surface area contributed by atoms with Crippen LogP contribution < -0.4 is 15.4 Å². The van der Waals surface area contributed by atoms with E-state index >= 15 is 0 Å². The molecular formula is C23H35N5O3. The SMILES string of the molecule is CCNC(=NCc1cccc(OCC(=O)N(C)C)c1)NCc1cc(C(CC)CC)no1. The maximum atomic E-state index is 11.7. The highest BCUT2D eigenvalue weighted by atomic mass is 16.5. The third kappa shape index (κ3) is 7.96. The van der Waals surface area contributed by atoms with E-state index in [2.05, 4.69) is 34.6 Å². The molecule has 8 nitrogen and oxygen atoms in total. The van der Waals surface area contributed by atoms with Crippen LogP contribution in [0.5, 0.6) is 5.75 Å². The van der Waals surface area contributed by atoms with Gasteiger partial charge in [-0.1, -0.05) is 31.1 Å². The Morgan fingerprint density at radius 2 is 1.97 bits per heavy atom. The van der Waals surface area contributed by atoms with Gasteiger partial charge in [0.2, 0.25) is 0 Å². The number of guanidine groups is 1. The molecule has 8 heteroatoms. The average Bonchev–Trinajstić information content (AvgIpc) is 3.23. The fourth-order valence-electron chi connectivity index (χ4n) is 3.00. The first kappa shape index (κ1) is 24.2. The van der Waals surface area contributed by atoms with Crippen LogP contribution in [0.1, 0.15) is 56.5 Å². The van der Waals surface area contributed by atoms with E-state index in [9.17, 15) is 4.79 Å². The quantitative estimate of drug-likeness (QED) is 0.421. The summed E-state index contributed by atoms with van der Waals surface area (Å²) in [6, 6.07) is 9.63. The van der Waals surface area contributed by atoms with Gasteiger partial charge < -0.3 is 24.8 Å². The maximum Gasteiger partial charge on any atom is 0.259 e. The highest BCUT2D eigenvalue weighted by Gasteiger charge is 2.13. The molecule has 2 rings (SSSR count). The lowest BCUT2D eigenvalue weighted by molar-refractivity contribution is -0.130. The number of likely N-dealkylation sites (N-methyl/N-ethyl adjacent to an activating group) is 1. The van der Waals surface area contributed by atoms with E-state index < -0.39 is 0 Å². The van der Waals surface area contributed by atoms with Crippen LogP contribution in [-0.2, 0) is 17.9 Å². The predicted molar refractivity (Wildman–Crippen MR) is 122 cm³/mol. The minimum atomic E-state index is -0.0816. The van der Waals surface area contributed by atoms with Gasteiger partial charge in [0.25, 0.3) is 5.91 Å². The number of aromatic nitrogens is 1. The van der Waals surface area contributed by atoms with Crippen molar-refractivity contribution < 1.29 is 14.1 Å². The van der Waals surface area contributed by atoms with Gasteiger partial charge in [-0.25, -0.2) is 4.99 Å². The molecule has 1 heterocycles. The first-order valence-electron chi connectivity index (χ1n) is 10.9. The smallest absolute Gasteiger partial charge is 0.259 e. The van der Waals surface area contributed by atoms with Crippen molar-refractivity contribution in [3.8, 4) is 5.75 Å². The number of carbonyl (C=O) groups excluding carboxylic acids is 1. The normalized spacial score (nSPS) is 11.5. The van der Waals surface area contributed by atoms with Gasteiger partial charge in [-0.15, -0.1) is 0 Å². The van der Waals surface area contributed by atoms with E-state index in [0.717, 1.165) is 36.4 Å². The van der Waals surface area contributed by atoms with Crippen molar-refractivity contribution in [1.29, 1.82) is 0 Å². The Bertz CT molecular complexity index is 843. The number of ether oxygens (including phenoxy) is 1. The summed E-state index contributed by atoms with van der Waals surface area (Å²) in [5.41, 5.74) is 2.00. The first-order valence-corrected chi connectivity index (χ1v) is 10.9. The minimum absolute atomic E-state index is 0.0139. The zero-order valence-electron chi connectivity index (χ0n) is 19.3. The lowest BCUT2D eigenvalue weighted by Gasteiger charge is -2.12. The number of carbonyl (C=O) groups is 1. The molecule has 0 fully saturated rings. The van der Waals surface area contributed by atoms with Crippen molar-refractivity contribution >= 4 is 11.9 Å². The number of amides is 1. The molecule has 1 amide bonds. The van der Waals surface area contributed by atoms with E-state index in [0.29, 0.717) is 30.7 Å². The van der Waals surface area contributed by atoms with Crippen LogP contribution in [0.2, 0.25) is 0 Å². The van der Waals surface area contributed by atoms with Crippen LogP contribution in [-0.4, -0.2) is 49.2 Å². The number of hydrogen-bond donors (Lipinski definition) is 2. The van der Waals surface area contributed by atoms with Crippen LogP contribution in [0.3, 0.4) is 0 Å². The Kier molecular flexibility index (Phi) is 9.87. The number of aliphatic imine (C=N–C) groups is 1. The van der Waals surface area contributed by atoms with E-state index in [1.807, 2.05) is 37.3 Å². The Morgan fingerprint density at radius 1 is 1.19 bits per heavy atom. The predicted octanol–water partition coefficient (Wildman–Crippen LogP) is 3.30. The Labute approximate surface area is 185 Å². The van der Waals surface area contributed by atoms with Gasteiger partial charge in [-0.05, 0) is 37.5 Å². The summed E-state index contributed by atoms with van der Waals surface area (Å²) in [5.74, 6) is 2.48. The molecule has 1 aromatic heterocycles.